The second-order valence-corrected chi connectivity index (χ2v) is 5.34. The summed E-state index contributed by atoms with van der Waals surface area (Å²) in [7, 11) is 1.87. The number of aromatic nitrogens is 3. The summed E-state index contributed by atoms with van der Waals surface area (Å²) in [5, 5.41) is 19.5. The van der Waals surface area contributed by atoms with Gasteiger partial charge in [0, 0.05) is 11.1 Å². The summed E-state index contributed by atoms with van der Waals surface area (Å²) in [5.41, 5.74) is 1.62. The quantitative estimate of drug-likeness (QED) is 0.846. The Hall–Kier alpha value is -1.84. The molecule has 2 N–H and O–H groups in total. The van der Waals surface area contributed by atoms with Gasteiger partial charge >= 0.3 is 12.1 Å². The second kappa shape index (κ2) is 8.32. The van der Waals surface area contributed by atoms with Crippen molar-refractivity contribution >= 4 is 29.2 Å². The van der Waals surface area contributed by atoms with E-state index in [1.807, 2.05) is 26.2 Å². The topological polar surface area (TPSA) is 80.0 Å². The van der Waals surface area contributed by atoms with Crippen LogP contribution in [0.4, 0.5) is 13.2 Å². The van der Waals surface area contributed by atoms with Crippen LogP contribution in [0.2, 0.25) is 10.0 Å². The number of carbonyl (C=O) groups is 1. The molecule has 1 aromatic carbocycles. The van der Waals surface area contributed by atoms with Crippen LogP contribution in [-0.2, 0) is 4.79 Å². The zero-order valence-corrected chi connectivity index (χ0v) is 14.0. The summed E-state index contributed by atoms with van der Waals surface area (Å²) in [4.78, 5) is 8.90. The molecule has 2 rings (SSSR count). The van der Waals surface area contributed by atoms with Gasteiger partial charge in [0.2, 0.25) is 0 Å². The number of rotatable bonds is 3. The van der Waals surface area contributed by atoms with E-state index in [9.17, 15) is 13.2 Å². The molecule has 1 atom stereocenters. The van der Waals surface area contributed by atoms with Gasteiger partial charge in [-0.3, -0.25) is 0 Å². The highest BCUT2D eigenvalue weighted by Crippen LogP contribution is 2.24. The largest absolute Gasteiger partial charge is 0.490 e. The number of nitrogens with one attached hydrogen (secondary N) is 1. The van der Waals surface area contributed by atoms with Gasteiger partial charge in [0.1, 0.15) is 0 Å². The van der Waals surface area contributed by atoms with Gasteiger partial charge in [0.25, 0.3) is 0 Å². The van der Waals surface area contributed by atoms with Crippen molar-refractivity contribution in [3.63, 3.8) is 0 Å². The number of benzene rings is 1. The van der Waals surface area contributed by atoms with Crippen molar-refractivity contribution in [3.8, 4) is 5.69 Å². The van der Waals surface area contributed by atoms with E-state index in [-0.39, 0.29) is 6.04 Å². The number of nitrogens with zero attached hydrogens (tertiary/aromatic N) is 3. The average Bonchev–Trinajstić information content (AvgIpc) is 2.95. The normalized spacial score (nSPS) is 12.3. The molecule has 0 amide bonds. The van der Waals surface area contributed by atoms with E-state index in [1.165, 1.54) is 0 Å². The van der Waals surface area contributed by atoms with Crippen molar-refractivity contribution < 1.29 is 23.1 Å². The van der Waals surface area contributed by atoms with Crippen LogP contribution in [-0.4, -0.2) is 39.3 Å². The number of carboxylic acids is 1. The monoisotopic (exact) mass is 384 g/mol. The fraction of sp³-hybridized carbons (Fsp3) is 0.308. The Morgan fingerprint density at radius 2 is 1.96 bits per heavy atom. The first-order valence-corrected chi connectivity index (χ1v) is 7.17. The highest BCUT2D eigenvalue weighted by molar-refractivity contribution is 6.35. The SMILES string of the molecule is CNC(C)c1cn(-c2ccc(Cl)cc2Cl)nn1.O=C(O)C(F)(F)F. The van der Waals surface area contributed by atoms with Gasteiger partial charge in [-0.2, -0.15) is 13.2 Å². The molecule has 2 aromatic rings. The summed E-state index contributed by atoms with van der Waals surface area (Å²) in [6, 6.07) is 5.41. The minimum absolute atomic E-state index is 0.148. The Morgan fingerprint density at radius 1 is 1.38 bits per heavy atom. The number of hydrogen-bond donors (Lipinski definition) is 2. The van der Waals surface area contributed by atoms with Gasteiger partial charge in [0.15, 0.2) is 0 Å². The fourth-order valence-corrected chi connectivity index (χ4v) is 1.90. The van der Waals surface area contributed by atoms with Crippen LogP contribution >= 0.6 is 23.2 Å². The summed E-state index contributed by atoms with van der Waals surface area (Å²) in [6.07, 6.45) is -3.24. The van der Waals surface area contributed by atoms with E-state index in [0.29, 0.717) is 10.0 Å². The fourth-order valence-electron chi connectivity index (χ4n) is 1.41. The molecule has 6 nitrogen and oxygen atoms in total. The smallest absolute Gasteiger partial charge is 0.475 e. The number of halogens is 5. The molecule has 0 spiro atoms. The van der Waals surface area contributed by atoms with E-state index < -0.39 is 12.1 Å². The highest BCUT2D eigenvalue weighted by atomic mass is 35.5. The highest BCUT2D eigenvalue weighted by Gasteiger charge is 2.38. The first-order chi connectivity index (χ1) is 11.1. The minimum atomic E-state index is -5.08. The first kappa shape index (κ1) is 20.2. The molecule has 0 fully saturated rings. The van der Waals surface area contributed by atoms with E-state index in [2.05, 4.69) is 15.6 Å². The Balaban J connectivity index is 0.000000351. The van der Waals surface area contributed by atoms with E-state index in [0.717, 1.165) is 11.4 Å². The Labute approximate surface area is 145 Å². The predicted octanol–water partition coefficient (Wildman–Crippen LogP) is 3.49. The van der Waals surface area contributed by atoms with E-state index >= 15 is 0 Å². The van der Waals surface area contributed by atoms with E-state index in [4.69, 9.17) is 33.1 Å². The number of alkyl halides is 3. The molecular weight excluding hydrogens is 372 g/mol. The van der Waals surface area contributed by atoms with Crippen molar-refractivity contribution in [1.82, 2.24) is 20.3 Å². The second-order valence-electron chi connectivity index (χ2n) is 4.50. The maximum absolute atomic E-state index is 10.6. The lowest BCUT2D eigenvalue weighted by molar-refractivity contribution is -0.192. The van der Waals surface area contributed by atoms with Crippen molar-refractivity contribution in [2.45, 2.75) is 19.1 Å². The molecule has 0 bridgehead atoms. The maximum atomic E-state index is 10.6. The molecule has 11 heteroatoms. The zero-order valence-electron chi connectivity index (χ0n) is 12.5. The van der Waals surface area contributed by atoms with Crippen LogP contribution in [0, 0.1) is 0 Å². The Bertz CT molecular complexity index is 707. The lowest BCUT2D eigenvalue weighted by Gasteiger charge is -2.05. The summed E-state index contributed by atoms with van der Waals surface area (Å²) < 4.78 is 33.4. The molecule has 1 heterocycles. The summed E-state index contributed by atoms with van der Waals surface area (Å²) in [5.74, 6) is -2.76. The number of aliphatic carboxylic acids is 1. The van der Waals surface area contributed by atoms with Crippen molar-refractivity contribution in [2.75, 3.05) is 7.05 Å². The zero-order chi connectivity index (χ0) is 18.5. The molecule has 1 unspecified atom stereocenters. The van der Waals surface area contributed by atoms with Crippen LogP contribution in [0.5, 0.6) is 0 Å². The third-order valence-electron chi connectivity index (χ3n) is 2.79. The van der Waals surface area contributed by atoms with Gasteiger partial charge in [-0.1, -0.05) is 28.4 Å². The van der Waals surface area contributed by atoms with Gasteiger partial charge < -0.3 is 10.4 Å². The minimum Gasteiger partial charge on any atom is -0.475 e. The molecule has 0 saturated carbocycles. The summed E-state index contributed by atoms with van der Waals surface area (Å²) in [6.45, 7) is 2.01. The molecule has 1 aromatic heterocycles. The molecule has 0 aliphatic heterocycles. The van der Waals surface area contributed by atoms with Crippen LogP contribution in [0.3, 0.4) is 0 Å². The lowest BCUT2D eigenvalue weighted by atomic mass is 10.2. The average molecular weight is 385 g/mol. The van der Waals surface area contributed by atoms with Crippen LogP contribution < -0.4 is 5.32 Å². The molecule has 24 heavy (non-hydrogen) atoms. The predicted molar refractivity (Wildman–Crippen MR) is 82.5 cm³/mol. The molecule has 0 radical (unpaired) electrons. The molecular formula is C13H13Cl2F3N4O2. The molecule has 0 aliphatic rings. The van der Waals surface area contributed by atoms with Gasteiger partial charge in [0.05, 0.1) is 22.6 Å². The standard InChI is InChI=1S/C11H12Cl2N4.C2HF3O2/c1-7(14-2)10-6-17(16-15-10)11-4-3-8(12)5-9(11)13;3-2(4,5)1(6)7/h3-7,14H,1-2H3;(H,6,7). The number of carboxylic acid groups (broad SMARTS) is 1. The van der Waals surface area contributed by atoms with Crippen LogP contribution in [0.25, 0.3) is 5.69 Å². The van der Waals surface area contributed by atoms with Crippen molar-refractivity contribution in [2.24, 2.45) is 0 Å². The number of hydrogen-bond acceptors (Lipinski definition) is 4. The van der Waals surface area contributed by atoms with Gasteiger partial charge in [-0.25, -0.2) is 9.48 Å². The Kier molecular flexibility index (Phi) is 7.00. The third-order valence-corrected chi connectivity index (χ3v) is 3.32. The molecule has 132 valence electrons. The van der Waals surface area contributed by atoms with Crippen LogP contribution in [0.1, 0.15) is 18.7 Å². The van der Waals surface area contributed by atoms with E-state index in [1.54, 1.807) is 16.8 Å². The van der Waals surface area contributed by atoms with Crippen molar-refractivity contribution in [1.29, 1.82) is 0 Å². The van der Waals surface area contributed by atoms with Crippen LogP contribution in [0.15, 0.2) is 24.4 Å². The first-order valence-electron chi connectivity index (χ1n) is 6.41. The maximum Gasteiger partial charge on any atom is 0.490 e. The summed E-state index contributed by atoms with van der Waals surface area (Å²) >= 11 is 11.9. The molecule has 0 saturated heterocycles. The third kappa shape index (κ3) is 5.66. The molecule has 0 aliphatic carbocycles. The lowest BCUT2D eigenvalue weighted by Crippen LogP contribution is -2.21. The van der Waals surface area contributed by atoms with Gasteiger partial charge in [-0.15, -0.1) is 5.10 Å². The van der Waals surface area contributed by atoms with Gasteiger partial charge in [-0.05, 0) is 32.2 Å². The Morgan fingerprint density at radius 3 is 2.42 bits per heavy atom. The van der Waals surface area contributed by atoms with Crippen molar-refractivity contribution in [3.05, 3.63) is 40.1 Å².